The monoisotopic (exact) mass is 250 g/mol. The van der Waals surface area contributed by atoms with Crippen LogP contribution in [0.2, 0.25) is 0 Å². The molecule has 1 aliphatic heterocycles. The third-order valence-electron chi connectivity index (χ3n) is 3.14. The molecule has 0 spiro atoms. The molecule has 1 aliphatic rings. The molecule has 1 aromatic carbocycles. The predicted octanol–water partition coefficient (Wildman–Crippen LogP) is 1.37. The second-order valence-electron chi connectivity index (χ2n) is 4.47. The molecule has 1 N–H and O–H groups in total. The first-order valence-electron chi connectivity index (χ1n) is 6.58. The summed E-state index contributed by atoms with van der Waals surface area (Å²) in [5, 5.41) is 3.36. The Hall–Kier alpha value is -1.26. The van der Waals surface area contributed by atoms with Crippen molar-refractivity contribution < 1.29 is 9.47 Å². The van der Waals surface area contributed by atoms with Crippen LogP contribution in [-0.4, -0.2) is 51.3 Å². The first-order valence-corrected chi connectivity index (χ1v) is 6.58. The Bertz CT molecular complexity index is 351. The van der Waals surface area contributed by atoms with Gasteiger partial charge in [-0.1, -0.05) is 6.07 Å². The largest absolute Gasteiger partial charge is 0.497 e. The molecule has 0 aromatic heterocycles. The Labute approximate surface area is 109 Å². The summed E-state index contributed by atoms with van der Waals surface area (Å²) in [6.07, 6.45) is 1.07. The van der Waals surface area contributed by atoms with Crippen LogP contribution in [0.25, 0.3) is 0 Å². The van der Waals surface area contributed by atoms with E-state index in [9.17, 15) is 0 Å². The van der Waals surface area contributed by atoms with E-state index in [2.05, 4.69) is 10.2 Å². The Morgan fingerprint density at radius 1 is 1.22 bits per heavy atom. The first kappa shape index (κ1) is 13.2. The molecule has 0 radical (unpaired) electrons. The Balaban J connectivity index is 1.65. The summed E-state index contributed by atoms with van der Waals surface area (Å²) in [5.74, 6) is 1.73. The zero-order valence-electron chi connectivity index (χ0n) is 11.0. The van der Waals surface area contributed by atoms with Gasteiger partial charge in [0, 0.05) is 38.8 Å². The molecule has 0 atom stereocenters. The fourth-order valence-corrected chi connectivity index (χ4v) is 2.10. The topological polar surface area (TPSA) is 33.7 Å². The summed E-state index contributed by atoms with van der Waals surface area (Å²) in [5.41, 5.74) is 0. The molecule has 1 aromatic rings. The van der Waals surface area contributed by atoms with Gasteiger partial charge in [-0.25, -0.2) is 0 Å². The van der Waals surface area contributed by atoms with Gasteiger partial charge in [0.1, 0.15) is 11.5 Å². The molecule has 4 nitrogen and oxygen atoms in total. The molecule has 18 heavy (non-hydrogen) atoms. The van der Waals surface area contributed by atoms with E-state index < -0.39 is 0 Å². The molecule has 0 bridgehead atoms. The third-order valence-corrected chi connectivity index (χ3v) is 3.14. The van der Waals surface area contributed by atoms with Gasteiger partial charge >= 0.3 is 0 Å². The lowest BCUT2D eigenvalue weighted by atomic mass is 10.3. The average Bonchev–Trinajstić information content (AvgIpc) is 2.45. The maximum Gasteiger partial charge on any atom is 0.122 e. The number of nitrogens with one attached hydrogen (secondary N) is 1. The van der Waals surface area contributed by atoms with Crippen molar-refractivity contribution in [2.24, 2.45) is 0 Å². The molecular weight excluding hydrogens is 228 g/mol. The fourth-order valence-electron chi connectivity index (χ4n) is 2.10. The Morgan fingerprint density at radius 2 is 2.00 bits per heavy atom. The van der Waals surface area contributed by atoms with Crippen LogP contribution in [0, 0.1) is 0 Å². The van der Waals surface area contributed by atoms with Crippen LogP contribution in [0.4, 0.5) is 0 Å². The van der Waals surface area contributed by atoms with Crippen molar-refractivity contribution in [3.63, 3.8) is 0 Å². The molecule has 4 heteroatoms. The Kier molecular flexibility index (Phi) is 5.30. The number of rotatable bonds is 6. The van der Waals surface area contributed by atoms with Crippen LogP contribution in [0.3, 0.4) is 0 Å². The van der Waals surface area contributed by atoms with E-state index >= 15 is 0 Å². The Morgan fingerprint density at radius 3 is 2.78 bits per heavy atom. The van der Waals surface area contributed by atoms with E-state index in [-0.39, 0.29) is 0 Å². The molecule has 0 saturated carbocycles. The van der Waals surface area contributed by atoms with Gasteiger partial charge in [0.2, 0.25) is 0 Å². The first-order chi connectivity index (χ1) is 8.88. The second-order valence-corrected chi connectivity index (χ2v) is 4.47. The minimum Gasteiger partial charge on any atom is -0.497 e. The highest BCUT2D eigenvalue weighted by molar-refractivity contribution is 5.32. The van der Waals surface area contributed by atoms with Gasteiger partial charge in [-0.15, -0.1) is 0 Å². The highest BCUT2D eigenvalue weighted by atomic mass is 16.5. The number of piperazine rings is 1. The molecule has 1 saturated heterocycles. The molecule has 1 heterocycles. The molecule has 1 fully saturated rings. The van der Waals surface area contributed by atoms with Crippen molar-refractivity contribution in [2.45, 2.75) is 6.42 Å². The number of methoxy groups -OCH3 is 1. The van der Waals surface area contributed by atoms with E-state index in [1.807, 2.05) is 24.3 Å². The summed E-state index contributed by atoms with van der Waals surface area (Å²) in [4.78, 5) is 2.48. The van der Waals surface area contributed by atoms with E-state index in [0.29, 0.717) is 0 Å². The highest BCUT2D eigenvalue weighted by Crippen LogP contribution is 2.18. The van der Waals surface area contributed by atoms with Gasteiger partial charge in [-0.2, -0.15) is 0 Å². The van der Waals surface area contributed by atoms with Crippen LogP contribution in [0.5, 0.6) is 11.5 Å². The van der Waals surface area contributed by atoms with Gasteiger partial charge in [0.15, 0.2) is 0 Å². The van der Waals surface area contributed by atoms with Crippen molar-refractivity contribution in [2.75, 3.05) is 46.4 Å². The SMILES string of the molecule is COc1cccc(OCCCN2CCNCC2)c1. The van der Waals surface area contributed by atoms with E-state index in [0.717, 1.165) is 57.3 Å². The van der Waals surface area contributed by atoms with E-state index in [1.54, 1.807) is 7.11 Å². The number of hydrogen-bond acceptors (Lipinski definition) is 4. The maximum atomic E-state index is 5.72. The summed E-state index contributed by atoms with van der Waals surface area (Å²) < 4.78 is 10.9. The zero-order chi connectivity index (χ0) is 12.6. The normalized spacial score (nSPS) is 16.5. The van der Waals surface area contributed by atoms with Crippen molar-refractivity contribution in [3.8, 4) is 11.5 Å². The summed E-state index contributed by atoms with van der Waals surface area (Å²) in [6, 6.07) is 7.76. The minimum atomic E-state index is 0.761. The van der Waals surface area contributed by atoms with E-state index in [1.165, 1.54) is 0 Å². The van der Waals surface area contributed by atoms with Crippen molar-refractivity contribution in [1.82, 2.24) is 10.2 Å². The smallest absolute Gasteiger partial charge is 0.122 e. The van der Waals surface area contributed by atoms with Crippen LogP contribution in [0.15, 0.2) is 24.3 Å². The van der Waals surface area contributed by atoms with Crippen LogP contribution in [-0.2, 0) is 0 Å². The van der Waals surface area contributed by atoms with Crippen LogP contribution < -0.4 is 14.8 Å². The molecule has 0 unspecified atom stereocenters. The summed E-state index contributed by atoms with van der Waals surface area (Å²) in [6.45, 7) is 6.40. The fraction of sp³-hybridized carbons (Fsp3) is 0.571. The lowest BCUT2D eigenvalue weighted by Crippen LogP contribution is -2.43. The van der Waals surface area contributed by atoms with Gasteiger partial charge in [-0.3, -0.25) is 0 Å². The van der Waals surface area contributed by atoms with Crippen molar-refractivity contribution >= 4 is 0 Å². The predicted molar refractivity (Wildman–Crippen MR) is 72.4 cm³/mol. The van der Waals surface area contributed by atoms with Gasteiger partial charge in [0.05, 0.1) is 13.7 Å². The standard InChI is InChI=1S/C14H22N2O2/c1-17-13-4-2-5-14(12-13)18-11-3-8-16-9-6-15-7-10-16/h2,4-5,12,15H,3,6-11H2,1H3. The summed E-state index contributed by atoms with van der Waals surface area (Å²) in [7, 11) is 1.67. The van der Waals surface area contributed by atoms with Crippen molar-refractivity contribution in [1.29, 1.82) is 0 Å². The lowest BCUT2D eigenvalue weighted by molar-refractivity contribution is 0.213. The second kappa shape index (κ2) is 7.24. The average molecular weight is 250 g/mol. The summed E-state index contributed by atoms with van der Waals surface area (Å²) >= 11 is 0. The minimum absolute atomic E-state index is 0.761. The number of nitrogens with zero attached hydrogens (tertiary/aromatic N) is 1. The molecule has 0 aliphatic carbocycles. The highest BCUT2D eigenvalue weighted by Gasteiger charge is 2.08. The zero-order valence-corrected chi connectivity index (χ0v) is 11.0. The third kappa shape index (κ3) is 4.20. The van der Waals surface area contributed by atoms with Crippen molar-refractivity contribution in [3.05, 3.63) is 24.3 Å². The number of hydrogen-bond donors (Lipinski definition) is 1. The van der Waals surface area contributed by atoms with Gasteiger partial charge in [-0.05, 0) is 18.6 Å². The molecule has 0 amide bonds. The molecule has 100 valence electrons. The van der Waals surface area contributed by atoms with Gasteiger partial charge < -0.3 is 19.7 Å². The number of benzene rings is 1. The van der Waals surface area contributed by atoms with E-state index in [4.69, 9.17) is 9.47 Å². The lowest BCUT2D eigenvalue weighted by Gasteiger charge is -2.26. The molecular formula is C14H22N2O2. The van der Waals surface area contributed by atoms with Gasteiger partial charge in [0.25, 0.3) is 0 Å². The quantitative estimate of drug-likeness (QED) is 0.773. The molecule has 2 rings (SSSR count). The van der Waals surface area contributed by atoms with Crippen LogP contribution >= 0.6 is 0 Å². The van der Waals surface area contributed by atoms with Crippen LogP contribution in [0.1, 0.15) is 6.42 Å². The maximum absolute atomic E-state index is 5.72. The number of ether oxygens (including phenoxy) is 2.